The molecule has 0 unspecified atom stereocenters. The van der Waals surface area contributed by atoms with Crippen LogP contribution in [0.1, 0.15) is 30.9 Å². The Bertz CT molecular complexity index is 1110. The number of halogens is 1. The van der Waals surface area contributed by atoms with Gasteiger partial charge in [0, 0.05) is 37.0 Å². The smallest absolute Gasteiger partial charge is 0.256 e. The summed E-state index contributed by atoms with van der Waals surface area (Å²) in [6, 6.07) is 7.58. The minimum absolute atomic E-state index is 0.0760. The van der Waals surface area contributed by atoms with E-state index in [1.165, 1.54) is 0 Å². The summed E-state index contributed by atoms with van der Waals surface area (Å²) in [5, 5.41) is 10.0. The first-order valence-electron chi connectivity index (χ1n) is 11.4. The molecule has 3 N–H and O–H groups in total. The van der Waals surface area contributed by atoms with Gasteiger partial charge in [-0.2, -0.15) is 0 Å². The van der Waals surface area contributed by atoms with Crippen molar-refractivity contribution in [3.8, 4) is 5.75 Å². The molecular weight excluding hydrogens is 472 g/mol. The van der Waals surface area contributed by atoms with E-state index >= 15 is 0 Å². The minimum Gasteiger partial charge on any atom is -0.491 e. The number of carbonyl (C=O) groups is 1. The molecule has 1 amide bonds. The van der Waals surface area contributed by atoms with Gasteiger partial charge in [0.2, 0.25) is 0 Å². The molecule has 2 aliphatic heterocycles. The number of aryl methyl sites for hydroxylation is 1. The van der Waals surface area contributed by atoms with Crippen LogP contribution in [0.3, 0.4) is 0 Å². The van der Waals surface area contributed by atoms with Gasteiger partial charge in [-0.05, 0) is 31.0 Å². The van der Waals surface area contributed by atoms with E-state index in [-0.39, 0.29) is 11.3 Å². The maximum Gasteiger partial charge on any atom is 0.256 e. The molecular formula is C25H29ClN4O3S. The molecule has 0 saturated carbocycles. The summed E-state index contributed by atoms with van der Waals surface area (Å²) in [4.78, 5) is 17.3. The fourth-order valence-electron chi connectivity index (χ4n) is 3.89. The van der Waals surface area contributed by atoms with E-state index in [9.17, 15) is 4.79 Å². The molecule has 1 aromatic heterocycles. The molecule has 0 atom stereocenters. The second-order valence-electron chi connectivity index (χ2n) is 8.72. The number of nitrogens with one attached hydrogen (secondary N) is 3. The lowest BCUT2D eigenvalue weighted by molar-refractivity contribution is -0.133. The molecule has 0 spiro atoms. The van der Waals surface area contributed by atoms with Gasteiger partial charge in [0.25, 0.3) is 5.91 Å². The molecule has 3 heterocycles. The highest BCUT2D eigenvalue weighted by molar-refractivity contribution is 7.81. The molecule has 34 heavy (non-hydrogen) atoms. The molecule has 1 fully saturated rings. The lowest BCUT2D eigenvalue weighted by atomic mass is 9.84. The van der Waals surface area contributed by atoms with Crippen LogP contribution in [0.25, 0.3) is 0 Å². The quantitative estimate of drug-likeness (QED) is 0.446. The highest BCUT2D eigenvalue weighted by atomic mass is 35.5. The van der Waals surface area contributed by atoms with Crippen molar-refractivity contribution in [1.29, 1.82) is 0 Å². The third-order valence-electron chi connectivity index (χ3n) is 6.32. The molecule has 0 radical (unpaired) electrons. The van der Waals surface area contributed by atoms with Gasteiger partial charge >= 0.3 is 0 Å². The van der Waals surface area contributed by atoms with Crippen molar-refractivity contribution in [3.05, 3.63) is 64.1 Å². The standard InChI is InChI=1S/C25H29ClN4O3S/c1-3-25(13-32-14-25)15-33-20-12-27-9-7-17(20)11-29-18-8-10-28-23(31)21(18)24(34)30-19-6-4-5-16(2)22(19)26/h4-7,9,12,29H,3,8,10-11,13-15H2,1-2H3,(H,28,31)(H,30,34). The molecule has 1 saturated heterocycles. The molecule has 9 heteroatoms. The number of hydrogen-bond acceptors (Lipinski definition) is 6. The van der Waals surface area contributed by atoms with Crippen LogP contribution in [0.5, 0.6) is 5.75 Å². The highest BCUT2D eigenvalue weighted by Gasteiger charge is 2.37. The van der Waals surface area contributed by atoms with Crippen molar-refractivity contribution in [1.82, 2.24) is 15.6 Å². The largest absolute Gasteiger partial charge is 0.491 e. The summed E-state index contributed by atoms with van der Waals surface area (Å²) in [6.45, 7) is 7.12. The Morgan fingerprint density at radius 1 is 1.35 bits per heavy atom. The Balaban J connectivity index is 1.49. The van der Waals surface area contributed by atoms with Crippen LogP contribution in [0, 0.1) is 12.3 Å². The summed E-state index contributed by atoms with van der Waals surface area (Å²) >= 11 is 12.0. The van der Waals surface area contributed by atoms with Gasteiger partial charge in [-0.3, -0.25) is 9.78 Å². The number of benzene rings is 1. The Kier molecular flexibility index (Phi) is 7.70. The van der Waals surface area contributed by atoms with Crippen LogP contribution in [0.4, 0.5) is 5.69 Å². The van der Waals surface area contributed by atoms with Crippen LogP contribution in [0.2, 0.25) is 5.02 Å². The zero-order chi connectivity index (χ0) is 24.1. The number of thiocarbonyl (C=S) groups is 1. The summed E-state index contributed by atoms with van der Waals surface area (Å²) in [6.07, 6.45) is 5.11. The van der Waals surface area contributed by atoms with E-state index in [4.69, 9.17) is 33.3 Å². The fourth-order valence-corrected chi connectivity index (χ4v) is 4.39. The van der Waals surface area contributed by atoms with Crippen LogP contribution in [-0.2, 0) is 16.1 Å². The molecule has 2 aliphatic rings. The predicted octanol–water partition coefficient (Wildman–Crippen LogP) is 4.15. The SMILES string of the molecule is CCC1(COc2cnccc2CNC2=C(C(=S)Nc3cccc(C)c3Cl)C(=O)NCC2)COC1. The summed E-state index contributed by atoms with van der Waals surface area (Å²) in [5.41, 5.74) is 3.84. The topological polar surface area (TPSA) is 84.5 Å². The number of carbonyl (C=O) groups excluding carboxylic acids is 1. The number of amides is 1. The number of rotatable bonds is 9. The van der Waals surface area contributed by atoms with Crippen molar-refractivity contribution < 1.29 is 14.3 Å². The van der Waals surface area contributed by atoms with E-state index in [0.717, 1.165) is 42.2 Å². The number of pyridine rings is 1. The molecule has 4 rings (SSSR count). The molecule has 7 nitrogen and oxygen atoms in total. The van der Waals surface area contributed by atoms with Gasteiger partial charge in [0.05, 0.1) is 47.7 Å². The average Bonchev–Trinajstić information content (AvgIpc) is 2.81. The summed E-state index contributed by atoms with van der Waals surface area (Å²) < 4.78 is 11.5. The van der Waals surface area contributed by atoms with Crippen molar-refractivity contribution in [3.63, 3.8) is 0 Å². The third-order valence-corrected chi connectivity index (χ3v) is 7.13. The number of anilines is 1. The van der Waals surface area contributed by atoms with Crippen molar-refractivity contribution >= 4 is 40.4 Å². The van der Waals surface area contributed by atoms with Crippen molar-refractivity contribution in [2.45, 2.75) is 33.2 Å². The van der Waals surface area contributed by atoms with Gasteiger partial charge in [-0.15, -0.1) is 0 Å². The number of aromatic nitrogens is 1. The van der Waals surface area contributed by atoms with Crippen molar-refractivity contribution in [2.24, 2.45) is 5.41 Å². The van der Waals surface area contributed by atoms with E-state index in [0.29, 0.717) is 47.4 Å². The monoisotopic (exact) mass is 500 g/mol. The summed E-state index contributed by atoms with van der Waals surface area (Å²) in [5.74, 6) is 0.514. The highest BCUT2D eigenvalue weighted by Crippen LogP contribution is 2.32. The molecule has 1 aromatic carbocycles. The maximum atomic E-state index is 12.7. The lowest BCUT2D eigenvalue weighted by Crippen LogP contribution is -2.46. The molecule has 180 valence electrons. The van der Waals surface area contributed by atoms with Gasteiger partial charge in [-0.1, -0.05) is 42.9 Å². The Morgan fingerprint density at radius 3 is 2.91 bits per heavy atom. The zero-order valence-corrected chi connectivity index (χ0v) is 20.9. The van der Waals surface area contributed by atoms with Crippen LogP contribution in [-0.4, -0.2) is 42.2 Å². The number of nitrogens with zero attached hydrogens (tertiary/aromatic N) is 1. The molecule has 0 aliphatic carbocycles. The molecule has 2 aromatic rings. The summed E-state index contributed by atoms with van der Waals surface area (Å²) in [7, 11) is 0. The van der Waals surface area contributed by atoms with E-state index in [1.807, 2.05) is 31.2 Å². The second-order valence-corrected chi connectivity index (χ2v) is 9.51. The van der Waals surface area contributed by atoms with Crippen molar-refractivity contribution in [2.75, 3.05) is 31.7 Å². The zero-order valence-electron chi connectivity index (χ0n) is 19.4. The van der Waals surface area contributed by atoms with E-state index in [1.54, 1.807) is 12.4 Å². The number of hydrogen-bond donors (Lipinski definition) is 3. The first kappa shape index (κ1) is 24.4. The van der Waals surface area contributed by atoms with Gasteiger partial charge < -0.3 is 25.4 Å². The van der Waals surface area contributed by atoms with Crippen LogP contribution in [0.15, 0.2) is 47.9 Å². The number of ether oxygens (including phenoxy) is 2. The Labute approximate surface area is 210 Å². The van der Waals surface area contributed by atoms with Gasteiger partial charge in [-0.25, -0.2) is 0 Å². The second kappa shape index (κ2) is 10.7. The average molecular weight is 501 g/mol. The van der Waals surface area contributed by atoms with Gasteiger partial charge in [0.15, 0.2) is 0 Å². The minimum atomic E-state index is -0.212. The predicted molar refractivity (Wildman–Crippen MR) is 137 cm³/mol. The normalized spacial score (nSPS) is 17.0. The maximum absolute atomic E-state index is 12.7. The van der Waals surface area contributed by atoms with Crippen LogP contribution < -0.4 is 20.7 Å². The van der Waals surface area contributed by atoms with Gasteiger partial charge in [0.1, 0.15) is 10.7 Å². The Morgan fingerprint density at radius 2 is 2.18 bits per heavy atom. The Hall–Kier alpha value is -2.68. The molecule has 0 bridgehead atoms. The first-order chi connectivity index (χ1) is 16.4. The van der Waals surface area contributed by atoms with Crippen LogP contribution >= 0.6 is 23.8 Å². The first-order valence-corrected chi connectivity index (χ1v) is 12.2. The third kappa shape index (κ3) is 5.35. The fraction of sp³-hybridized carbons (Fsp3) is 0.400. The van der Waals surface area contributed by atoms with E-state index < -0.39 is 0 Å². The van der Waals surface area contributed by atoms with E-state index in [2.05, 4.69) is 27.9 Å². The lowest BCUT2D eigenvalue weighted by Gasteiger charge is -2.40.